The predicted octanol–water partition coefficient (Wildman–Crippen LogP) is 0.952. The Kier molecular flexibility index (Phi) is 3.33. The monoisotopic (exact) mass is 238 g/mol. The molecule has 1 fully saturated rings. The Morgan fingerprint density at radius 2 is 2.38 bits per heavy atom. The number of aromatic nitrogens is 1. The van der Waals surface area contributed by atoms with Crippen molar-refractivity contribution >= 4 is 17.7 Å². The van der Waals surface area contributed by atoms with Crippen molar-refractivity contribution in [3.63, 3.8) is 0 Å². The Bertz CT molecular complexity index is 423. The van der Waals surface area contributed by atoms with Gasteiger partial charge in [0.2, 0.25) is 5.56 Å². The van der Waals surface area contributed by atoms with Gasteiger partial charge < -0.3 is 9.88 Å². The number of pyridine rings is 1. The second-order valence-corrected chi connectivity index (χ2v) is 5.42. The molecule has 2 heterocycles. The summed E-state index contributed by atoms with van der Waals surface area (Å²) < 4.78 is 0. The fraction of sp³-hybridized carbons (Fsp3) is 0.455. The molecule has 0 saturated carbocycles. The maximum absolute atomic E-state index is 12.1. The number of nitrogens with one attached hydrogen (secondary N) is 1. The van der Waals surface area contributed by atoms with Gasteiger partial charge in [-0.05, 0) is 6.07 Å². The fourth-order valence-corrected chi connectivity index (χ4v) is 2.74. The van der Waals surface area contributed by atoms with Crippen molar-refractivity contribution in [3.8, 4) is 0 Å². The first kappa shape index (κ1) is 11.3. The normalized spacial score (nSPS) is 20.8. The van der Waals surface area contributed by atoms with Crippen LogP contribution in [0.25, 0.3) is 0 Å². The first-order valence-electron chi connectivity index (χ1n) is 5.26. The van der Waals surface area contributed by atoms with Crippen LogP contribution >= 0.6 is 11.8 Å². The van der Waals surface area contributed by atoms with Gasteiger partial charge in [-0.1, -0.05) is 6.92 Å². The van der Waals surface area contributed by atoms with Crippen molar-refractivity contribution in [1.82, 2.24) is 9.88 Å². The summed E-state index contributed by atoms with van der Waals surface area (Å²) in [6.07, 6.45) is 1.48. The van der Waals surface area contributed by atoms with Crippen LogP contribution in [0.5, 0.6) is 0 Å². The van der Waals surface area contributed by atoms with Crippen LogP contribution in [-0.4, -0.2) is 39.9 Å². The van der Waals surface area contributed by atoms with E-state index in [2.05, 4.69) is 11.9 Å². The van der Waals surface area contributed by atoms with Crippen LogP contribution in [0, 0.1) is 0 Å². The van der Waals surface area contributed by atoms with Crippen LogP contribution in [-0.2, 0) is 0 Å². The number of rotatable bonds is 1. The van der Waals surface area contributed by atoms with E-state index in [-0.39, 0.29) is 11.5 Å². The van der Waals surface area contributed by atoms with Gasteiger partial charge in [-0.15, -0.1) is 0 Å². The summed E-state index contributed by atoms with van der Waals surface area (Å²) in [6.45, 7) is 3.69. The van der Waals surface area contributed by atoms with Crippen molar-refractivity contribution in [2.45, 2.75) is 12.2 Å². The Balaban J connectivity index is 2.12. The van der Waals surface area contributed by atoms with Crippen LogP contribution in [0.1, 0.15) is 17.3 Å². The van der Waals surface area contributed by atoms with Crippen molar-refractivity contribution < 1.29 is 4.79 Å². The van der Waals surface area contributed by atoms with Crippen LogP contribution in [0.4, 0.5) is 0 Å². The minimum absolute atomic E-state index is 0.00315. The second-order valence-electron chi connectivity index (χ2n) is 3.87. The van der Waals surface area contributed by atoms with Gasteiger partial charge in [0.05, 0.1) is 5.56 Å². The molecule has 1 N–H and O–H groups in total. The minimum atomic E-state index is -0.181. The van der Waals surface area contributed by atoms with Crippen molar-refractivity contribution in [2.24, 2.45) is 0 Å². The Hall–Kier alpha value is -1.23. The van der Waals surface area contributed by atoms with Gasteiger partial charge in [-0.25, -0.2) is 0 Å². The van der Waals surface area contributed by atoms with Crippen molar-refractivity contribution in [3.05, 3.63) is 34.2 Å². The second kappa shape index (κ2) is 4.74. The molecule has 1 unspecified atom stereocenters. The van der Waals surface area contributed by atoms with Gasteiger partial charge in [-0.2, -0.15) is 11.8 Å². The maximum atomic E-state index is 12.1. The molecular weight excluding hydrogens is 224 g/mol. The molecule has 5 heteroatoms. The molecule has 1 aliphatic rings. The Labute approximate surface area is 98.0 Å². The summed E-state index contributed by atoms with van der Waals surface area (Å²) in [4.78, 5) is 27.3. The van der Waals surface area contributed by atoms with Crippen LogP contribution < -0.4 is 5.56 Å². The Morgan fingerprint density at radius 1 is 1.56 bits per heavy atom. The maximum Gasteiger partial charge on any atom is 0.255 e. The quantitative estimate of drug-likeness (QED) is 0.792. The summed E-state index contributed by atoms with van der Waals surface area (Å²) in [5.74, 6) is 0.986. The van der Waals surface area contributed by atoms with E-state index < -0.39 is 0 Å². The molecule has 0 radical (unpaired) electrons. The van der Waals surface area contributed by atoms with E-state index in [0.717, 1.165) is 18.8 Å². The zero-order chi connectivity index (χ0) is 11.5. The molecular formula is C11H14N2O2S. The topological polar surface area (TPSA) is 53.2 Å². The number of carbonyl (C=O) groups is 1. The van der Waals surface area contributed by atoms with Crippen LogP contribution in [0.2, 0.25) is 0 Å². The largest absolute Gasteiger partial charge is 0.337 e. The third kappa shape index (κ3) is 2.47. The van der Waals surface area contributed by atoms with E-state index in [4.69, 9.17) is 0 Å². The van der Waals surface area contributed by atoms with E-state index in [1.807, 2.05) is 16.7 Å². The Morgan fingerprint density at radius 3 is 3.00 bits per heavy atom. The molecule has 0 aliphatic carbocycles. The number of hydrogen-bond donors (Lipinski definition) is 1. The van der Waals surface area contributed by atoms with Gasteiger partial charge in [0.1, 0.15) is 0 Å². The first-order chi connectivity index (χ1) is 7.66. The van der Waals surface area contributed by atoms with Crippen LogP contribution in [0.15, 0.2) is 23.1 Å². The van der Waals surface area contributed by atoms with Crippen molar-refractivity contribution in [2.75, 3.05) is 18.8 Å². The van der Waals surface area contributed by atoms with E-state index >= 15 is 0 Å². The number of aromatic amines is 1. The number of hydrogen-bond acceptors (Lipinski definition) is 3. The summed E-state index contributed by atoms with van der Waals surface area (Å²) in [6, 6.07) is 2.96. The van der Waals surface area contributed by atoms with E-state index in [1.165, 1.54) is 12.3 Å². The molecule has 0 spiro atoms. The lowest BCUT2D eigenvalue weighted by atomic mass is 10.2. The minimum Gasteiger partial charge on any atom is -0.337 e. The van der Waals surface area contributed by atoms with Crippen molar-refractivity contribution in [1.29, 1.82) is 0 Å². The average molecular weight is 238 g/mol. The van der Waals surface area contributed by atoms with Crippen LogP contribution in [0.3, 0.4) is 0 Å². The number of thioether (sulfide) groups is 1. The molecule has 1 aromatic heterocycles. The molecule has 4 nitrogen and oxygen atoms in total. The number of amides is 1. The molecule has 16 heavy (non-hydrogen) atoms. The standard InChI is InChI=1S/C11H14N2O2S/c1-8-7-13(4-5-16-8)11(15)9-2-3-10(14)12-6-9/h2-3,6,8H,4-5,7H2,1H3,(H,12,14). The fourth-order valence-electron chi connectivity index (χ4n) is 1.73. The van der Waals surface area contributed by atoms with Gasteiger partial charge in [0.25, 0.3) is 5.91 Å². The van der Waals surface area contributed by atoms with E-state index in [1.54, 1.807) is 6.07 Å². The zero-order valence-corrected chi connectivity index (χ0v) is 9.92. The first-order valence-corrected chi connectivity index (χ1v) is 6.31. The highest BCUT2D eigenvalue weighted by Crippen LogP contribution is 2.19. The van der Waals surface area contributed by atoms with Gasteiger partial charge in [-0.3, -0.25) is 9.59 Å². The summed E-state index contributed by atoms with van der Waals surface area (Å²) >= 11 is 1.89. The average Bonchev–Trinajstić information content (AvgIpc) is 2.29. The number of carbonyl (C=O) groups excluding carboxylic acids is 1. The van der Waals surface area contributed by atoms with E-state index in [9.17, 15) is 9.59 Å². The lowest BCUT2D eigenvalue weighted by Crippen LogP contribution is -2.41. The van der Waals surface area contributed by atoms with E-state index in [0.29, 0.717) is 10.8 Å². The predicted molar refractivity (Wildman–Crippen MR) is 64.9 cm³/mol. The molecule has 0 aromatic carbocycles. The third-order valence-electron chi connectivity index (χ3n) is 2.56. The summed E-state index contributed by atoms with van der Waals surface area (Å²) in [7, 11) is 0. The zero-order valence-electron chi connectivity index (χ0n) is 9.10. The molecule has 1 aromatic rings. The molecule has 86 valence electrons. The number of nitrogens with zero attached hydrogens (tertiary/aromatic N) is 1. The molecule has 1 aliphatic heterocycles. The SMILES string of the molecule is CC1CN(C(=O)c2ccc(=O)[nH]c2)CCS1. The van der Waals surface area contributed by atoms with Gasteiger partial charge >= 0.3 is 0 Å². The van der Waals surface area contributed by atoms with Gasteiger partial charge in [0.15, 0.2) is 0 Å². The smallest absolute Gasteiger partial charge is 0.255 e. The lowest BCUT2D eigenvalue weighted by Gasteiger charge is -2.30. The molecule has 0 bridgehead atoms. The highest BCUT2D eigenvalue weighted by molar-refractivity contribution is 7.99. The van der Waals surface area contributed by atoms with Gasteiger partial charge in [0, 0.05) is 36.4 Å². The summed E-state index contributed by atoms with van der Waals surface area (Å²) in [5.41, 5.74) is 0.373. The number of H-pyrrole nitrogens is 1. The summed E-state index contributed by atoms with van der Waals surface area (Å²) in [5, 5.41) is 0.487. The molecule has 1 amide bonds. The molecule has 2 rings (SSSR count). The molecule has 1 atom stereocenters. The third-order valence-corrected chi connectivity index (χ3v) is 3.70. The highest BCUT2D eigenvalue weighted by Gasteiger charge is 2.22. The highest BCUT2D eigenvalue weighted by atomic mass is 32.2. The lowest BCUT2D eigenvalue weighted by molar-refractivity contribution is 0.0762. The molecule has 1 saturated heterocycles.